The van der Waals surface area contributed by atoms with Crippen LogP contribution < -0.4 is 10.6 Å². The molecule has 0 aliphatic rings. The lowest BCUT2D eigenvalue weighted by molar-refractivity contribution is -0.384. The number of nitrogens with one attached hydrogen (secondary N) is 2. The molecule has 1 rings (SSSR count). The van der Waals surface area contributed by atoms with E-state index < -0.39 is 10.9 Å². The molecule has 0 unspecified atom stereocenters. The molecule has 8 nitrogen and oxygen atoms in total. The van der Waals surface area contributed by atoms with Crippen molar-refractivity contribution in [3.63, 3.8) is 0 Å². The molecule has 0 fully saturated rings. The van der Waals surface area contributed by atoms with Crippen molar-refractivity contribution in [3.8, 4) is 0 Å². The van der Waals surface area contributed by atoms with E-state index >= 15 is 0 Å². The minimum absolute atomic E-state index is 0.0533. The Hall–Kier alpha value is -2.64. The highest BCUT2D eigenvalue weighted by atomic mass is 16.6. The van der Waals surface area contributed by atoms with Gasteiger partial charge in [-0.05, 0) is 6.07 Å². The van der Waals surface area contributed by atoms with Crippen molar-refractivity contribution in [2.24, 2.45) is 0 Å². The Balaban J connectivity index is 2.39. The highest BCUT2D eigenvalue weighted by molar-refractivity contribution is 5.82. The van der Waals surface area contributed by atoms with E-state index in [1.807, 2.05) is 0 Å². The maximum Gasteiger partial charge on any atom is 0.325 e. The van der Waals surface area contributed by atoms with Crippen LogP contribution in [0.4, 0.5) is 11.4 Å². The van der Waals surface area contributed by atoms with Gasteiger partial charge in [0.2, 0.25) is 5.91 Å². The minimum Gasteiger partial charge on any atom is -0.468 e. The summed E-state index contributed by atoms with van der Waals surface area (Å²) < 4.78 is 4.37. The Kier molecular flexibility index (Phi) is 5.95. The van der Waals surface area contributed by atoms with Gasteiger partial charge in [0.05, 0.1) is 12.0 Å². The summed E-state index contributed by atoms with van der Waals surface area (Å²) in [6.45, 7) is 0.0265. The second-order valence-corrected chi connectivity index (χ2v) is 3.80. The highest BCUT2D eigenvalue weighted by Gasteiger charge is 2.12. The molecule has 1 amide bonds. The average Bonchev–Trinajstić information content (AvgIpc) is 2.45. The van der Waals surface area contributed by atoms with Crippen LogP contribution in [-0.2, 0) is 14.3 Å². The van der Waals surface area contributed by atoms with Crippen LogP contribution in [-0.4, -0.2) is 37.0 Å². The number of ether oxygens (including phenoxy) is 1. The summed E-state index contributed by atoms with van der Waals surface area (Å²) in [6, 6.07) is 6.16. The Labute approximate surface area is 115 Å². The number of carbonyl (C=O) groups excluding carboxylic acids is 2. The molecule has 0 aromatic heterocycles. The molecule has 0 atom stereocenters. The minimum atomic E-state index is -0.537. The Bertz CT molecular complexity index is 504. The smallest absolute Gasteiger partial charge is 0.325 e. The van der Waals surface area contributed by atoms with Crippen molar-refractivity contribution < 1.29 is 19.2 Å². The first kappa shape index (κ1) is 15.4. The number of amides is 1. The molecule has 0 saturated heterocycles. The van der Waals surface area contributed by atoms with Crippen molar-refractivity contribution in [2.75, 3.05) is 25.5 Å². The quantitative estimate of drug-likeness (QED) is 0.432. The maximum atomic E-state index is 11.4. The fraction of sp³-hybridized carbons (Fsp3) is 0.333. The van der Waals surface area contributed by atoms with Crippen molar-refractivity contribution in [2.45, 2.75) is 6.42 Å². The van der Waals surface area contributed by atoms with Gasteiger partial charge in [-0.1, -0.05) is 12.1 Å². The molecule has 0 spiro atoms. The van der Waals surface area contributed by atoms with E-state index in [2.05, 4.69) is 15.4 Å². The lowest BCUT2D eigenvalue weighted by Gasteiger charge is -2.07. The third kappa shape index (κ3) is 4.92. The second-order valence-electron chi connectivity index (χ2n) is 3.80. The summed E-state index contributed by atoms with van der Waals surface area (Å²) >= 11 is 0. The highest BCUT2D eigenvalue weighted by Crippen LogP contribution is 2.22. The number of esters is 1. The summed E-state index contributed by atoms with van der Waals surface area (Å²) in [6.07, 6.45) is 0.0864. The molecule has 0 heterocycles. The first-order valence-electron chi connectivity index (χ1n) is 5.85. The number of nitrogens with zero attached hydrogens (tertiary/aromatic N) is 1. The van der Waals surface area contributed by atoms with Crippen molar-refractivity contribution in [1.82, 2.24) is 5.32 Å². The Morgan fingerprint density at radius 2 is 2.05 bits per heavy atom. The molecule has 1 aromatic rings. The number of hydrogen-bond acceptors (Lipinski definition) is 6. The molecular weight excluding hydrogens is 266 g/mol. The van der Waals surface area contributed by atoms with Gasteiger partial charge in [0.25, 0.3) is 5.69 Å². The number of benzene rings is 1. The number of carbonyl (C=O) groups is 2. The van der Waals surface area contributed by atoms with Gasteiger partial charge < -0.3 is 15.4 Å². The summed E-state index contributed by atoms with van der Waals surface area (Å²) in [4.78, 5) is 32.4. The number of anilines is 1. The zero-order valence-corrected chi connectivity index (χ0v) is 10.9. The van der Waals surface area contributed by atoms with Crippen LogP contribution in [0.1, 0.15) is 6.42 Å². The largest absolute Gasteiger partial charge is 0.468 e. The van der Waals surface area contributed by atoms with Crippen LogP contribution in [0.15, 0.2) is 24.3 Å². The molecule has 1 aromatic carbocycles. The van der Waals surface area contributed by atoms with E-state index in [1.165, 1.54) is 13.2 Å². The topological polar surface area (TPSA) is 111 Å². The zero-order valence-electron chi connectivity index (χ0n) is 10.9. The molecular formula is C12H15N3O5. The molecule has 20 heavy (non-hydrogen) atoms. The van der Waals surface area contributed by atoms with Gasteiger partial charge in [0, 0.05) is 19.0 Å². The van der Waals surface area contributed by atoms with E-state index in [0.717, 1.165) is 0 Å². The molecule has 0 aliphatic carbocycles. The molecule has 108 valence electrons. The normalized spacial score (nSPS) is 9.65. The molecule has 8 heteroatoms. The van der Waals surface area contributed by atoms with Crippen LogP contribution in [0.25, 0.3) is 0 Å². The lowest BCUT2D eigenvalue weighted by Crippen LogP contribution is -2.31. The van der Waals surface area contributed by atoms with Crippen molar-refractivity contribution >= 4 is 23.3 Å². The number of nitro groups is 1. The van der Waals surface area contributed by atoms with E-state index in [-0.39, 0.29) is 31.1 Å². The van der Waals surface area contributed by atoms with Crippen molar-refractivity contribution in [3.05, 3.63) is 34.4 Å². The average molecular weight is 281 g/mol. The predicted octanol–water partition coefficient (Wildman–Crippen LogP) is 0.686. The summed E-state index contributed by atoms with van der Waals surface area (Å²) in [7, 11) is 1.23. The molecule has 0 saturated carbocycles. The number of methoxy groups -OCH3 is 1. The van der Waals surface area contributed by atoms with Gasteiger partial charge in [0.1, 0.15) is 12.2 Å². The van der Waals surface area contributed by atoms with E-state index in [1.54, 1.807) is 18.2 Å². The van der Waals surface area contributed by atoms with E-state index in [4.69, 9.17) is 0 Å². The molecule has 0 radical (unpaired) electrons. The molecule has 0 aliphatic heterocycles. The van der Waals surface area contributed by atoms with Gasteiger partial charge in [-0.3, -0.25) is 19.7 Å². The number of rotatable bonds is 7. The summed E-state index contributed by atoms with van der Waals surface area (Å²) in [5.41, 5.74) is 0.292. The SMILES string of the molecule is COC(=O)CNC(=O)CCNc1ccccc1[N+](=O)[O-]. The first-order chi connectivity index (χ1) is 9.54. The van der Waals surface area contributed by atoms with Crippen LogP contribution in [0, 0.1) is 10.1 Å². The Morgan fingerprint density at radius 1 is 1.35 bits per heavy atom. The van der Waals surface area contributed by atoms with Gasteiger partial charge in [-0.2, -0.15) is 0 Å². The zero-order chi connectivity index (χ0) is 15.0. The summed E-state index contributed by atoms with van der Waals surface area (Å²) in [5.74, 6) is -0.883. The van der Waals surface area contributed by atoms with Gasteiger partial charge in [-0.15, -0.1) is 0 Å². The number of hydrogen-bond donors (Lipinski definition) is 2. The molecule has 0 bridgehead atoms. The third-order valence-corrected chi connectivity index (χ3v) is 2.43. The second kappa shape index (κ2) is 7.72. The lowest BCUT2D eigenvalue weighted by atomic mass is 10.2. The predicted molar refractivity (Wildman–Crippen MR) is 71.2 cm³/mol. The van der Waals surface area contributed by atoms with Gasteiger partial charge in [0.15, 0.2) is 0 Å². The van der Waals surface area contributed by atoms with Crippen LogP contribution in [0.2, 0.25) is 0 Å². The van der Waals surface area contributed by atoms with Crippen LogP contribution in [0.3, 0.4) is 0 Å². The first-order valence-corrected chi connectivity index (χ1v) is 5.85. The van der Waals surface area contributed by atoms with Gasteiger partial charge >= 0.3 is 5.97 Å². The van der Waals surface area contributed by atoms with Crippen LogP contribution in [0.5, 0.6) is 0 Å². The number of nitro benzene ring substituents is 1. The number of para-hydroxylation sites is 2. The monoisotopic (exact) mass is 281 g/mol. The van der Waals surface area contributed by atoms with Crippen LogP contribution >= 0.6 is 0 Å². The summed E-state index contributed by atoms with van der Waals surface area (Å²) in [5, 5.41) is 15.9. The standard InChI is InChI=1S/C12H15N3O5/c1-20-12(17)8-14-11(16)6-7-13-9-4-2-3-5-10(9)15(18)19/h2-5,13H,6-8H2,1H3,(H,14,16). The van der Waals surface area contributed by atoms with Gasteiger partial charge in [-0.25, -0.2) is 0 Å². The fourth-order valence-electron chi connectivity index (χ4n) is 1.42. The molecule has 2 N–H and O–H groups in total. The fourth-order valence-corrected chi connectivity index (χ4v) is 1.42. The van der Waals surface area contributed by atoms with Crippen molar-refractivity contribution in [1.29, 1.82) is 0 Å². The Morgan fingerprint density at radius 3 is 2.70 bits per heavy atom. The van der Waals surface area contributed by atoms with E-state index in [9.17, 15) is 19.7 Å². The van der Waals surface area contributed by atoms with E-state index in [0.29, 0.717) is 5.69 Å². The third-order valence-electron chi connectivity index (χ3n) is 2.43. The maximum absolute atomic E-state index is 11.4.